The molecule has 2 nitrogen and oxygen atoms in total. The predicted octanol–water partition coefficient (Wildman–Crippen LogP) is 4.27. The Morgan fingerprint density at radius 3 is 2.75 bits per heavy atom. The number of hydrogen-bond donors (Lipinski definition) is 1. The van der Waals surface area contributed by atoms with Gasteiger partial charge in [-0.2, -0.15) is 0 Å². The smallest absolute Gasteiger partial charge is 0.122 e. The summed E-state index contributed by atoms with van der Waals surface area (Å²) in [5, 5.41) is 3.37. The van der Waals surface area contributed by atoms with Gasteiger partial charge in [-0.25, -0.2) is 0 Å². The second kappa shape index (κ2) is 4.74. The van der Waals surface area contributed by atoms with Gasteiger partial charge in [0, 0.05) is 4.47 Å². The molecule has 0 amide bonds. The van der Waals surface area contributed by atoms with Crippen molar-refractivity contribution in [2.24, 2.45) is 0 Å². The van der Waals surface area contributed by atoms with Crippen LogP contribution in [-0.2, 0) is 6.54 Å². The van der Waals surface area contributed by atoms with Crippen LogP contribution in [0.1, 0.15) is 16.9 Å². The Bertz CT molecular complexity index is 454. The Morgan fingerprint density at radius 1 is 1.31 bits per heavy atom. The minimum atomic E-state index is 0.704. The summed E-state index contributed by atoms with van der Waals surface area (Å²) >= 11 is 3.57. The van der Waals surface area contributed by atoms with Crippen molar-refractivity contribution in [3.8, 4) is 0 Å². The Hall–Kier alpha value is -1.22. The number of anilines is 1. The van der Waals surface area contributed by atoms with E-state index in [1.165, 1.54) is 11.1 Å². The molecule has 0 aliphatic carbocycles. The van der Waals surface area contributed by atoms with E-state index in [1.807, 2.05) is 12.1 Å². The van der Waals surface area contributed by atoms with Crippen molar-refractivity contribution in [2.75, 3.05) is 5.32 Å². The highest BCUT2D eigenvalue weighted by atomic mass is 79.9. The molecule has 0 spiro atoms. The first kappa shape index (κ1) is 11.3. The van der Waals surface area contributed by atoms with Crippen LogP contribution >= 0.6 is 15.9 Å². The molecule has 0 atom stereocenters. The molecule has 2 rings (SSSR count). The van der Waals surface area contributed by atoms with Gasteiger partial charge in [-0.15, -0.1) is 0 Å². The van der Waals surface area contributed by atoms with Gasteiger partial charge in [-0.3, -0.25) is 0 Å². The van der Waals surface area contributed by atoms with Crippen molar-refractivity contribution in [3.05, 3.63) is 51.9 Å². The summed E-state index contributed by atoms with van der Waals surface area (Å²) in [6.45, 7) is 4.89. The van der Waals surface area contributed by atoms with Crippen molar-refractivity contribution in [3.63, 3.8) is 0 Å². The lowest BCUT2D eigenvalue weighted by molar-refractivity contribution is 0.518. The Labute approximate surface area is 104 Å². The van der Waals surface area contributed by atoms with E-state index < -0.39 is 0 Å². The zero-order valence-electron chi connectivity index (χ0n) is 9.38. The number of rotatable bonds is 3. The average molecular weight is 280 g/mol. The fourth-order valence-electron chi connectivity index (χ4n) is 1.73. The maximum absolute atomic E-state index is 5.28. The molecule has 0 bridgehead atoms. The summed E-state index contributed by atoms with van der Waals surface area (Å²) in [5.74, 6) is 0.937. The number of aryl methyl sites for hydroxylation is 2. The van der Waals surface area contributed by atoms with Crippen molar-refractivity contribution >= 4 is 21.6 Å². The van der Waals surface area contributed by atoms with Gasteiger partial charge < -0.3 is 9.73 Å². The predicted molar refractivity (Wildman–Crippen MR) is 69.7 cm³/mol. The molecule has 1 aromatic carbocycles. The van der Waals surface area contributed by atoms with Gasteiger partial charge in [-0.05, 0) is 59.1 Å². The van der Waals surface area contributed by atoms with Crippen LogP contribution in [0, 0.1) is 13.8 Å². The molecule has 1 N–H and O–H groups in total. The largest absolute Gasteiger partial charge is 0.467 e. The fourth-order valence-corrected chi connectivity index (χ4v) is 2.54. The molecule has 0 saturated carbocycles. The topological polar surface area (TPSA) is 25.2 Å². The monoisotopic (exact) mass is 279 g/mol. The molecule has 1 aromatic heterocycles. The molecule has 0 radical (unpaired) electrons. The second-order valence-electron chi connectivity index (χ2n) is 3.87. The van der Waals surface area contributed by atoms with Crippen LogP contribution in [-0.4, -0.2) is 0 Å². The van der Waals surface area contributed by atoms with Crippen LogP contribution in [0.4, 0.5) is 5.69 Å². The third-order valence-corrected chi connectivity index (χ3v) is 3.08. The number of furan rings is 1. The third kappa shape index (κ3) is 2.47. The highest BCUT2D eigenvalue weighted by Crippen LogP contribution is 2.28. The van der Waals surface area contributed by atoms with Crippen molar-refractivity contribution in [1.82, 2.24) is 0 Å². The van der Waals surface area contributed by atoms with E-state index in [9.17, 15) is 0 Å². The van der Waals surface area contributed by atoms with E-state index in [4.69, 9.17) is 4.42 Å². The molecule has 0 aliphatic rings. The normalized spacial score (nSPS) is 10.4. The minimum absolute atomic E-state index is 0.704. The number of nitrogens with one attached hydrogen (secondary N) is 1. The maximum atomic E-state index is 5.28. The summed E-state index contributed by atoms with van der Waals surface area (Å²) in [6.07, 6.45) is 1.69. The number of benzene rings is 1. The zero-order valence-corrected chi connectivity index (χ0v) is 11.0. The van der Waals surface area contributed by atoms with Crippen LogP contribution < -0.4 is 5.32 Å². The van der Waals surface area contributed by atoms with Crippen LogP contribution in [0.25, 0.3) is 0 Å². The van der Waals surface area contributed by atoms with Gasteiger partial charge >= 0.3 is 0 Å². The first-order valence-electron chi connectivity index (χ1n) is 5.20. The SMILES string of the molecule is Cc1cc(C)c(NCc2ccco2)c(Br)c1. The first-order chi connectivity index (χ1) is 7.66. The minimum Gasteiger partial charge on any atom is -0.467 e. The maximum Gasteiger partial charge on any atom is 0.122 e. The van der Waals surface area contributed by atoms with Gasteiger partial charge in [-0.1, -0.05) is 6.07 Å². The molecule has 16 heavy (non-hydrogen) atoms. The molecule has 3 heteroatoms. The molecule has 0 saturated heterocycles. The lowest BCUT2D eigenvalue weighted by Crippen LogP contribution is -2.01. The molecule has 0 unspecified atom stereocenters. The average Bonchev–Trinajstić information content (AvgIpc) is 2.68. The Kier molecular flexibility index (Phi) is 3.34. The van der Waals surface area contributed by atoms with Gasteiger partial charge in [0.15, 0.2) is 0 Å². The Balaban J connectivity index is 2.15. The standard InChI is InChI=1S/C13H14BrNO/c1-9-6-10(2)13(12(14)7-9)15-8-11-4-3-5-16-11/h3-7,15H,8H2,1-2H3. The van der Waals surface area contributed by atoms with Crippen molar-refractivity contribution < 1.29 is 4.42 Å². The van der Waals surface area contributed by atoms with E-state index in [1.54, 1.807) is 6.26 Å². The van der Waals surface area contributed by atoms with Crippen molar-refractivity contribution in [2.45, 2.75) is 20.4 Å². The summed E-state index contributed by atoms with van der Waals surface area (Å²) < 4.78 is 6.37. The highest BCUT2D eigenvalue weighted by molar-refractivity contribution is 9.10. The van der Waals surface area contributed by atoms with E-state index >= 15 is 0 Å². The molecule has 2 aromatic rings. The summed E-state index contributed by atoms with van der Waals surface area (Å²) in [5.41, 5.74) is 3.62. The van der Waals surface area contributed by atoms with E-state index in [0.29, 0.717) is 6.54 Å². The third-order valence-electron chi connectivity index (χ3n) is 2.45. The molecule has 84 valence electrons. The number of hydrogen-bond acceptors (Lipinski definition) is 2. The molecular weight excluding hydrogens is 266 g/mol. The second-order valence-corrected chi connectivity index (χ2v) is 4.73. The summed E-state index contributed by atoms with van der Waals surface area (Å²) in [6, 6.07) is 8.13. The fraction of sp³-hybridized carbons (Fsp3) is 0.231. The van der Waals surface area contributed by atoms with Crippen LogP contribution in [0.5, 0.6) is 0 Å². The summed E-state index contributed by atoms with van der Waals surface area (Å²) in [4.78, 5) is 0. The molecule has 0 aliphatic heterocycles. The van der Waals surface area contributed by atoms with E-state index in [2.05, 4.69) is 47.2 Å². The quantitative estimate of drug-likeness (QED) is 0.908. The molecule has 0 fully saturated rings. The number of halogens is 1. The van der Waals surface area contributed by atoms with Crippen LogP contribution in [0.2, 0.25) is 0 Å². The van der Waals surface area contributed by atoms with Crippen molar-refractivity contribution in [1.29, 1.82) is 0 Å². The first-order valence-corrected chi connectivity index (χ1v) is 5.99. The molecule has 1 heterocycles. The van der Waals surface area contributed by atoms with Crippen LogP contribution in [0.15, 0.2) is 39.4 Å². The van der Waals surface area contributed by atoms with Crippen LogP contribution in [0.3, 0.4) is 0 Å². The van der Waals surface area contributed by atoms with Gasteiger partial charge in [0.05, 0.1) is 18.5 Å². The molecular formula is C13H14BrNO. The van der Waals surface area contributed by atoms with Gasteiger partial charge in [0.25, 0.3) is 0 Å². The zero-order chi connectivity index (χ0) is 11.5. The lowest BCUT2D eigenvalue weighted by atomic mass is 10.1. The van der Waals surface area contributed by atoms with E-state index in [-0.39, 0.29) is 0 Å². The van der Waals surface area contributed by atoms with Gasteiger partial charge in [0.1, 0.15) is 5.76 Å². The highest BCUT2D eigenvalue weighted by Gasteiger charge is 2.05. The van der Waals surface area contributed by atoms with E-state index in [0.717, 1.165) is 15.9 Å². The lowest BCUT2D eigenvalue weighted by Gasteiger charge is -2.11. The summed E-state index contributed by atoms with van der Waals surface area (Å²) in [7, 11) is 0. The Morgan fingerprint density at radius 2 is 2.12 bits per heavy atom. The van der Waals surface area contributed by atoms with Gasteiger partial charge in [0.2, 0.25) is 0 Å².